The number of halogens is 1. The Hall–Kier alpha value is -1.61. The summed E-state index contributed by atoms with van der Waals surface area (Å²) in [6, 6.07) is 7.14. The van der Waals surface area contributed by atoms with Crippen LogP contribution in [0.3, 0.4) is 0 Å². The Bertz CT molecular complexity index is 525. The highest BCUT2D eigenvalue weighted by molar-refractivity contribution is 6.35. The quantitative estimate of drug-likeness (QED) is 0.695. The van der Waals surface area contributed by atoms with Crippen LogP contribution in [0.15, 0.2) is 30.5 Å². The zero-order chi connectivity index (χ0) is 10.8. The van der Waals surface area contributed by atoms with Crippen LogP contribution in [-0.2, 0) is 4.74 Å². The first kappa shape index (κ1) is 9.93. The van der Waals surface area contributed by atoms with E-state index in [1.165, 1.54) is 7.11 Å². The number of aromatic nitrogens is 1. The average Bonchev–Trinajstić information content (AvgIpc) is 2.28. The Morgan fingerprint density at radius 3 is 3.00 bits per heavy atom. The number of carbonyl (C=O) groups excluding carboxylic acids is 1. The number of hydrogen-bond donors (Lipinski definition) is 0. The van der Waals surface area contributed by atoms with Crippen molar-refractivity contribution in [1.82, 2.24) is 4.98 Å². The van der Waals surface area contributed by atoms with E-state index >= 15 is 0 Å². The van der Waals surface area contributed by atoms with Crippen LogP contribution in [0.5, 0.6) is 0 Å². The summed E-state index contributed by atoms with van der Waals surface area (Å²) in [7, 11) is 1.33. The van der Waals surface area contributed by atoms with E-state index < -0.39 is 5.97 Å². The maximum atomic E-state index is 11.2. The summed E-state index contributed by atoms with van der Waals surface area (Å²) in [4.78, 5) is 15.2. The van der Waals surface area contributed by atoms with Gasteiger partial charge >= 0.3 is 5.97 Å². The summed E-state index contributed by atoms with van der Waals surface area (Å²) in [6.45, 7) is 0. The number of benzene rings is 1. The molecule has 0 bridgehead atoms. The summed E-state index contributed by atoms with van der Waals surface area (Å²) >= 11 is 5.97. The maximum Gasteiger partial charge on any atom is 0.356 e. The highest BCUT2D eigenvalue weighted by Crippen LogP contribution is 2.22. The van der Waals surface area contributed by atoms with Gasteiger partial charge in [0.25, 0.3) is 0 Å². The van der Waals surface area contributed by atoms with Crippen molar-refractivity contribution in [2.45, 2.75) is 0 Å². The Labute approximate surface area is 91.6 Å². The molecule has 3 nitrogen and oxygen atoms in total. The van der Waals surface area contributed by atoms with Gasteiger partial charge in [0.05, 0.1) is 7.11 Å². The lowest BCUT2D eigenvalue weighted by Crippen LogP contribution is -2.03. The van der Waals surface area contributed by atoms with Gasteiger partial charge in [0, 0.05) is 16.6 Å². The molecule has 0 radical (unpaired) electrons. The van der Waals surface area contributed by atoms with Gasteiger partial charge in [-0.3, -0.25) is 0 Å². The second kappa shape index (κ2) is 3.87. The van der Waals surface area contributed by atoms with Crippen molar-refractivity contribution >= 4 is 28.3 Å². The molecular formula is C11H8ClNO2. The van der Waals surface area contributed by atoms with Crippen molar-refractivity contribution in [1.29, 1.82) is 0 Å². The van der Waals surface area contributed by atoms with E-state index in [0.717, 1.165) is 10.8 Å². The number of pyridine rings is 1. The van der Waals surface area contributed by atoms with Crippen molar-refractivity contribution in [2.24, 2.45) is 0 Å². The van der Waals surface area contributed by atoms with Crippen molar-refractivity contribution in [3.8, 4) is 0 Å². The zero-order valence-electron chi connectivity index (χ0n) is 8.03. The molecule has 0 atom stereocenters. The van der Waals surface area contributed by atoms with E-state index in [2.05, 4.69) is 9.72 Å². The fraction of sp³-hybridized carbons (Fsp3) is 0.0909. The van der Waals surface area contributed by atoms with E-state index in [0.29, 0.717) is 5.02 Å². The van der Waals surface area contributed by atoms with Crippen LogP contribution in [0.2, 0.25) is 5.02 Å². The lowest BCUT2D eigenvalue weighted by molar-refractivity contribution is 0.0594. The van der Waals surface area contributed by atoms with Gasteiger partial charge < -0.3 is 4.74 Å². The van der Waals surface area contributed by atoms with Gasteiger partial charge in [-0.15, -0.1) is 0 Å². The van der Waals surface area contributed by atoms with Crippen molar-refractivity contribution in [3.05, 3.63) is 41.2 Å². The predicted molar refractivity (Wildman–Crippen MR) is 58.1 cm³/mol. The number of nitrogens with zero attached hydrogens (tertiary/aromatic N) is 1. The summed E-state index contributed by atoms with van der Waals surface area (Å²) in [6.07, 6.45) is 1.57. The van der Waals surface area contributed by atoms with E-state index in [-0.39, 0.29) is 5.69 Å². The highest BCUT2D eigenvalue weighted by Gasteiger charge is 2.08. The summed E-state index contributed by atoms with van der Waals surface area (Å²) in [5.74, 6) is -0.447. The van der Waals surface area contributed by atoms with Crippen LogP contribution in [0.1, 0.15) is 10.5 Å². The van der Waals surface area contributed by atoms with E-state index in [1.807, 2.05) is 12.1 Å². The van der Waals surface area contributed by atoms with Crippen LogP contribution in [0.4, 0.5) is 0 Å². The highest BCUT2D eigenvalue weighted by atomic mass is 35.5. The minimum absolute atomic E-state index is 0.285. The number of hydrogen-bond acceptors (Lipinski definition) is 3. The number of esters is 1. The third-order valence-electron chi connectivity index (χ3n) is 2.11. The average molecular weight is 222 g/mol. The summed E-state index contributed by atoms with van der Waals surface area (Å²) < 4.78 is 4.58. The molecule has 0 unspecified atom stereocenters. The number of methoxy groups -OCH3 is 1. The standard InChI is InChI=1S/C11H8ClNO2/c1-15-11(14)10-5-7-3-2-4-9(12)8(7)6-13-10/h2-6H,1H3. The Morgan fingerprint density at radius 2 is 2.27 bits per heavy atom. The lowest BCUT2D eigenvalue weighted by atomic mass is 10.1. The molecule has 2 aromatic rings. The van der Waals surface area contributed by atoms with Gasteiger partial charge in [-0.05, 0) is 17.5 Å². The van der Waals surface area contributed by atoms with Crippen molar-refractivity contribution < 1.29 is 9.53 Å². The van der Waals surface area contributed by atoms with Crippen LogP contribution < -0.4 is 0 Å². The molecular weight excluding hydrogens is 214 g/mol. The van der Waals surface area contributed by atoms with E-state index in [9.17, 15) is 4.79 Å². The molecule has 1 heterocycles. The van der Waals surface area contributed by atoms with Gasteiger partial charge in [0.1, 0.15) is 5.69 Å². The van der Waals surface area contributed by atoms with Gasteiger partial charge in [-0.25, -0.2) is 9.78 Å². The SMILES string of the molecule is COC(=O)c1cc2cccc(Cl)c2cn1. The molecule has 0 aliphatic carbocycles. The monoisotopic (exact) mass is 221 g/mol. The van der Waals surface area contributed by atoms with Gasteiger partial charge in [-0.2, -0.15) is 0 Å². The third kappa shape index (κ3) is 1.78. The first-order chi connectivity index (χ1) is 7.22. The normalized spacial score (nSPS) is 10.3. The Kier molecular flexibility index (Phi) is 2.56. The van der Waals surface area contributed by atoms with Crippen molar-refractivity contribution in [2.75, 3.05) is 7.11 Å². The molecule has 0 saturated heterocycles. The largest absolute Gasteiger partial charge is 0.464 e. The Balaban J connectivity index is 2.62. The third-order valence-corrected chi connectivity index (χ3v) is 2.44. The first-order valence-corrected chi connectivity index (χ1v) is 4.73. The fourth-order valence-electron chi connectivity index (χ4n) is 1.35. The number of rotatable bonds is 1. The van der Waals surface area contributed by atoms with Gasteiger partial charge in [-0.1, -0.05) is 23.7 Å². The molecule has 0 spiro atoms. The van der Waals surface area contributed by atoms with Crippen LogP contribution in [-0.4, -0.2) is 18.1 Å². The maximum absolute atomic E-state index is 11.2. The second-order valence-electron chi connectivity index (χ2n) is 3.02. The summed E-state index contributed by atoms with van der Waals surface area (Å²) in [5, 5.41) is 2.32. The first-order valence-electron chi connectivity index (χ1n) is 4.35. The molecule has 1 aromatic heterocycles. The van der Waals surface area contributed by atoms with E-state index in [1.54, 1.807) is 18.3 Å². The number of carbonyl (C=O) groups is 1. The molecule has 76 valence electrons. The molecule has 0 aliphatic heterocycles. The minimum atomic E-state index is -0.447. The second-order valence-corrected chi connectivity index (χ2v) is 3.43. The van der Waals surface area contributed by atoms with Crippen LogP contribution in [0, 0.1) is 0 Å². The molecule has 4 heteroatoms. The zero-order valence-corrected chi connectivity index (χ0v) is 8.78. The molecule has 15 heavy (non-hydrogen) atoms. The minimum Gasteiger partial charge on any atom is -0.464 e. The van der Waals surface area contributed by atoms with E-state index in [4.69, 9.17) is 11.6 Å². The number of fused-ring (bicyclic) bond motifs is 1. The van der Waals surface area contributed by atoms with Crippen LogP contribution >= 0.6 is 11.6 Å². The van der Waals surface area contributed by atoms with Crippen LogP contribution in [0.25, 0.3) is 10.8 Å². The molecule has 0 saturated carbocycles. The molecule has 0 fully saturated rings. The van der Waals surface area contributed by atoms with Crippen molar-refractivity contribution in [3.63, 3.8) is 0 Å². The topological polar surface area (TPSA) is 39.2 Å². The fourth-order valence-corrected chi connectivity index (χ4v) is 1.58. The smallest absolute Gasteiger partial charge is 0.356 e. The van der Waals surface area contributed by atoms with Gasteiger partial charge in [0.15, 0.2) is 0 Å². The molecule has 0 aliphatic rings. The molecule has 2 rings (SSSR count). The summed E-state index contributed by atoms with van der Waals surface area (Å²) in [5.41, 5.74) is 0.285. The number of ether oxygens (including phenoxy) is 1. The lowest BCUT2D eigenvalue weighted by Gasteiger charge is -2.02. The predicted octanol–water partition coefficient (Wildman–Crippen LogP) is 2.67. The Morgan fingerprint density at radius 1 is 1.47 bits per heavy atom. The molecule has 0 amide bonds. The van der Waals surface area contributed by atoms with Gasteiger partial charge in [0.2, 0.25) is 0 Å². The molecule has 1 aromatic carbocycles. The molecule has 0 N–H and O–H groups in total.